The second kappa shape index (κ2) is 8.89. The molecule has 0 unspecified atom stereocenters. The van der Waals surface area contributed by atoms with E-state index in [-0.39, 0.29) is 11.7 Å². The van der Waals surface area contributed by atoms with Gasteiger partial charge >= 0.3 is 11.7 Å². The Hall–Kier alpha value is -2.84. The van der Waals surface area contributed by atoms with Crippen molar-refractivity contribution in [3.05, 3.63) is 58.1 Å². The summed E-state index contributed by atoms with van der Waals surface area (Å²) in [6.07, 6.45) is 2.61. The number of rotatable bonds is 6. The zero-order chi connectivity index (χ0) is 21.1. The Balaban J connectivity index is 1.27. The van der Waals surface area contributed by atoms with E-state index >= 15 is 0 Å². The third kappa shape index (κ3) is 4.49. The van der Waals surface area contributed by atoms with Crippen LogP contribution in [0.2, 0.25) is 5.02 Å². The predicted octanol–water partition coefficient (Wildman–Crippen LogP) is 2.29. The number of carbonyl (C=O) groups excluding carboxylic acids is 1. The first kappa shape index (κ1) is 20.4. The zero-order valence-electron chi connectivity index (χ0n) is 16.8. The molecule has 0 spiro atoms. The number of pyridine rings is 1. The predicted molar refractivity (Wildman–Crippen MR) is 115 cm³/mol. The molecule has 2 aromatic heterocycles. The van der Waals surface area contributed by atoms with Gasteiger partial charge in [-0.25, -0.2) is 9.48 Å². The standard InChI is InChI=1S/C21H24ClN5O3/c1-16(28)30-19-7-6-17(15-18(19)22)25-13-11-24(12-14-25)8-4-10-27-21(29)26-9-3-2-5-20(26)23-27/h2-3,5-7,9,15H,4,8,10-14H2,1H3. The molecule has 3 aromatic rings. The number of hydrogen-bond donors (Lipinski definition) is 0. The molecule has 0 bridgehead atoms. The molecule has 1 fully saturated rings. The van der Waals surface area contributed by atoms with Crippen LogP contribution in [0.15, 0.2) is 47.4 Å². The molecular weight excluding hydrogens is 406 g/mol. The summed E-state index contributed by atoms with van der Waals surface area (Å²) in [5.41, 5.74) is 1.60. The van der Waals surface area contributed by atoms with Crippen molar-refractivity contribution in [3.63, 3.8) is 0 Å². The highest BCUT2D eigenvalue weighted by Gasteiger charge is 2.18. The van der Waals surface area contributed by atoms with Gasteiger partial charge < -0.3 is 9.64 Å². The number of hydrogen-bond acceptors (Lipinski definition) is 6. The van der Waals surface area contributed by atoms with Crippen LogP contribution in [0.3, 0.4) is 0 Å². The third-order valence-corrected chi connectivity index (χ3v) is 5.53. The van der Waals surface area contributed by atoms with Gasteiger partial charge in [0.05, 0.1) is 5.02 Å². The first-order valence-corrected chi connectivity index (χ1v) is 10.4. The smallest absolute Gasteiger partial charge is 0.350 e. The van der Waals surface area contributed by atoms with Gasteiger partial charge in [-0.05, 0) is 36.8 Å². The first-order valence-electron chi connectivity index (χ1n) is 10.0. The average Bonchev–Trinajstić information content (AvgIpc) is 3.06. The molecule has 0 amide bonds. The highest BCUT2D eigenvalue weighted by atomic mass is 35.5. The maximum Gasteiger partial charge on any atom is 0.350 e. The number of piperazine rings is 1. The molecule has 1 aromatic carbocycles. The van der Waals surface area contributed by atoms with Gasteiger partial charge in [0.2, 0.25) is 0 Å². The maximum absolute atomic E-state index is 12.3. The summed E-state index contributed by atoms with van der Waals surface area (Å²) in [6.45, 7) is 6.52. The van der Waals surface area contributed by atoms with Crippen LogP contribution < -0.4 is 15.3 Å². The fourth-order valence-corrected chi connectivity index (χ4v) is 3.92. The number of esters is 1. The van der Waals surface area contributed by atoms with Crippen molar-refractivity contribution in [1.82, 2.24) is 19.1 Å². The highest BCUT2D eigenvalue weighted by Crippen LogP contribution is 2.30. The number of anilines is 1. The molecule has 0 radical (unpaired) electrons. The molecule has 3 heterocycles. The molecule has 1 aliphatic heterocycles. The van der Waals surface area contributed by atoms with Gasteiger partial charge in [-0.15, -0.1) is 5.10 Å². The Morgan fingerprint density at radius 1 is 1.13 bits per heavy atom. The van der Waals surface area contributed by atoms with E-state index in [9.17, 15) is 9.59 Å². The van der Waals surface area contributed by atoms with Crippen molar-refractivity contribution in [2.24, 2.45) is 0 Å². The molecular formula is C21H24ClN5O3. The van der Waals surface area contributed by atoms with Crippen molar-refractivity contribution in [3.8, 4) is 5.75 Å². The van der Waals surface area contributed by atoms with Crippen LogP contribution in [0, 0.1) is 0 Å². The van der Waals surface area contributed by atoms with Gasteiger partial charge in [-0.1, -0.05) is 17.7 Å². The van der Waals surface area contributed by atoms with Crippen molar-refractivity contribution in [2.45, 2.75) is 19.9 Å². The zero-order valence-corrected chi connectivity index (χ0v) is 17.6. The minimum absolute atomic E-state index is 0.0931. The maximum atomic E-state index is 12.3. The third-order valence-electron chi connectivity index (χ3n) is 5.24. The van der Waals surface area contributed by atoms with E-state index < -0.39 is 0 Å². The van der Waals surface area contributed by atoms with Gasteiger partial charge in [-0.3, -0.25) is 14.1 Å². The normalized spacial score (nSPS) is 14.9. The lowest BCUT2D eigenvalue weighted by molar-refractivity contribution is -0.131. The SMILES string of the molecule is CC(=O)Oc1ccc(N2CCN(CCCn3nc4ccccn4c3=O)CC2)cc1Cl. The van der Waals surface area contributed by atoms with Crippen LogP contribution in [0.25, 0.3) is 5.65 Å². The fourth-order valence-electron chi connectivity index (χ4n) is 3.71. The molecule has 8 nitrogen and oxygen atoms in total. The molecule has 158 valence electrons. The van der Waals surface area contributed by atoms with E-state index in [0.29, 0.717) is 23.0 Å². The number of carbonyl (C=O) groups is 1. The second-order valence-electron chi connectivity index (χ2n) is 7.33. The van der Waals surface area contributed by atoms with Crippen molar-refractivity contribution >= 4 is 28.9 Å². The minimum Gasteiger partial charge on any atom is -0.425 e. The van der Waals surface area contributed by atoms with Crippen LogP contribution in [0.1, 0.15) is 13.3 Å². The first-order chi connectivity index (χ1) is 14.5. The molecule has 0 atom stereocenters. The number of fused-ring (bicyclic) bond motifs is 1. The molecule has 0 N–H and O–H groups in total. The van der Waals surface area contributed by atoms with E-state index in [0.717, 1.165) is 44.8 Å². The van der Waals surface area contributed by atoms with E-state index in [1.807, 2.05) is 30.3 Å². The van der Waals surface area contributed by atoms with Crippen LogP contribution in [-0.2, 0) is 11.3 Å². The van der Waals surface area contributed by atoms with Crippen LogP contribution in [0.4, 0.5) is 5.69 Å². The van der Waals surface area contributed by atoms with Crippen molar-refractivity contribution in [2.75, 3.05) is 37.6 Å². The summed E-state index contributed by atoms with van der Waals surface area (Å²) in [6, 6.07) is 11.0. The Morgan fingerprint density at radius 2 is 1.93 bits per heavy atom. The number of aryl methyl sites for hydroxylation is 1. The number of benzene rings is 1. The number of ether oxygens (including phenoxy) is 1. The topological polar surface area (TPSA) is 72.1 Å². The fraction of sp³-hybridized carbons (Fsp3) is 0.381. The molecule has 0 saturated carbocycles. The lowest BCUT2D eigenvalue weighted by atomic mass is 10.2. The molecule has 0 aliphatic carbocycles. The minimum atomic E-state index is -0.385. The summed E-state index contributed by atoms with van der Waals surface area (Å²) in [5.74, 6) is -0.00194. The van der Waals surface area contributed by atoms with E-state index in [4.69, 9.17) is 16.3 Å². The number of aromatic nitrogens is 3. The quantitative estimate of drug-likeness (QED) is 0.442. The van der Waals surface area contributed by atoms with E-state index in [2.05, 4.69) is 14.9 Å². The Bertz CT molecular complexity index is 1100. The molecule has 1 saturated heterocycles. The largest absolute Gasteiger partial charge is 0.425 e. The average molecular weight is 430 g/mol. The van der Waals surface area contributed by atoms with Crippen LogP contribution in [0.5, 0.6) is 5.75 Å². The summed E-state index contributed by atoms with van der Waals surface area (Å²) in [4.78, 5) is 28.1. The lowest BCUT2D eigenvalue weighted by Crippen LogP contribution is -2.46. The summed E-state index contributed by atoms with van der Waals surface area (Å²) in [7, 11) is 0. The Morgan fingerprint density at radius 3 is 2.63 bits per heavy atom. The Kier molecular flexibility index (Phi) is 6.06. The van der Waals surface area contributed by atoms with Crippen molar-refractivity contribution in [1.29, 1.82) is 0 Å². The molecule has 9 heteroatoms. The number of nitrogens with zero attached hydrogens (tertiary/aromatic N) is 5. The molecule has 4 rings (SSSR count). The van der Waals surface area contributed by atoms with Crippen LogP contribution in [-0.4, -0.2) is 57.8 Å². The molecule has 1 aliphatic rings. The second-order valence-corrected chi connectivity index (χ2v) is 7.73. The molecule has 30 heavy (non-hydrogen) atoms. The lowest BCUT2D eigenvalue weighted by Gasteiger charge is -2.36. The number of halogens is 1. The van der Waals surface area contributed by atoms with Gasteiger partial charge in [-0.2, -0.15) is 0 Å². The monoisotopic (exact) mass is 429 g/mol. The van der Waals surface area contributed by atoms with E-state index in [1.165, 1.54) is 11.6 Å². The van der Waals surface area contributed by atoms with Crippen molar-refractivity contribution < 1.29 is 9.53 Å². The Labute approximate surface area is 179 Å². The van der Waals surface area contributed by atoms with Gasteiger partial charge in [0.1, 0.15) is 5.75 Å². The van der Waals surface area contributed by atoms with Gasteiger partial charge in [0.25, 0.3) is 0 Å². The van der Waals surface area contributed by atoms with Gasteiger partial charge in [0.15, 0.2) is 5.65 Å². The highest BCUT2D eigenvalue weighted by molar-refractivity contribution is 6.32. The van der Waals surface area contributed by atoms with Gasteiger partial charge in [0, 0.05) is 58.1 Å². The van der Waals surface area contributed by atoms with E-state index in [1.54, 1.807) is 16.7 Å². The summed E-state index contributed by atoms with van der Waals surface area (Å²) < 4.78 is 8.19. The summed E-state index contributed by atoms with van der Waals surface area (Å²) in [5, 5.41) is 4.81. The van der Waals surface area contributed by atoms with Crippen LogP contribution >= 0.6 is 11.6 Å². The summed E-state index contributed by atoms with van der Waals surface area (Å²) >= 11 is 6.24.